The first-order valence-corrected chi connectivity index (χ1v) is 11.6. The normalized spacial score (nSPS) is 20.9. The zero-order valence-electron chi connectivity index (χ0n) is 18.6. The Morgan fingerprint density at radius 3 is 2.35 bits per heavy atom. The van der Waals surface area contributed by atoms with Crippen molar-refractivity contribution in [1.29, 1.82) is 0 Å². The monoisotopic (exact) mass is 451 g/mol. The Kier molecular flexibility index (Phi) is 4.96. The molecule has 3 heterocycles. The number of hydrogen-bond donors (Lipinski definition) is 2. The summed E-state index contributed by atoms with van der Waals surface area (Å²) in [4.78, 5) is 34.1. The molecular weight excluding hydrogens is 426 g/mol. The molecule has 3 atom stereocenters. The van der Waals surface area contributed by atoms with Crippen LogP contribution in [-0.4, -0.2) is 50.8 Å². The van der Waals surface area contributed by atoms with Gasteiger partial charge in [0, 0.05) is 23.0 Å². The largest absolute Gasteiger partial charge is 0.387 e. The van der Waals surface area contributed by atoms with E-state index in [4.69, 9.17) is 0 Å². The second-order valence-corrected chi connectivity index (χ2v) is 9.04. The summed E-state index contributed by atoms with van der Waals surface area (Å²) < 4.78 is 0. The van der Waals surface area contributed by atoms with Crippen molar-refractivity contribution in [1.82, 2.24) is 14.8 Å². The predicted molar refractivity (Wildman–Crippen MR) is 129 cm³/mol. The van der Waals surface area contributed by atoms with Crippen LogP contribution in [-0.2, 0) is 16.0 Å². The van der Waals surface area contributed by atoms with E-state index < -0.39 is 12.1 Å². The average Bonchev–Trinajstić information content (AvgIpc) is 3.25. The van der Waals surface area contributed by atoms with Crippen molar-refractivity contribution in [3.8, 4) is 0 Å². The number of aromatic amines is 1. The zero-order chi connectivity index (χ0) is 23.2. The van der Waals surface area contributed by atoms with Crippen LogP contribution in [0.4, 0.5) is 0 Å². The van der Waals surface area contributed by atoms with Crippen molar-refractivity contribution in [2.24, 2.45) is 0 Å². The molecule has 4 aromatic rings. The van der Waals surface area contributed by atoms with Crippen molar-refractivity contribution < 1.29 is 14.7 Å². The van der Waals surface area contributed by atoms with Gasteiger partial charge in [-0.3, -0.25) is 9.59 Å². The molecule has 0 radical (unpaired) electrons. The summed E-state index contributed by atoms with van der Waals surface area (Å²) >= 11 is 0. The average molecular weight is 452 g/mol. The first-order valence-electron chi connectivity index (χ1n) is 11.6. The molecule has 1 saturated heterocycles. The predicted octanol–water partition coefficient (Wildman–Crippen LogP) is 3.59. The van der Waals surface area contributed by atoms with Crippen molar-refractivity contribution in [2.75, 3.05) is 13.1 Å². The molecule has 1 aromatic heterocycles. The van der Waals surface area contributed by atoms with Gasteiger partial charge in [-0.05, 0) is 22.8 Å². The Labute approximate surface area is 197 Å². The number of amides is 2. The van der Waals surface area contributed by atoms with Gasteiger partial charge in [0.25, 0.3) is 0 Å². The molecule has 2 amide bonds. The Hall–Kier alpha value is -3.90. The van der Waals surface area contributed by atoms with Gasteiger partial charge >= 0.3 is 0 Å². The van der Waals surface area contributed by atoms with Gasteiger partial charge in [-0.25, -0.2) is 0 Å². The lowest BCUT2D eigenvalue weighted by atomic mass is 9.86. The minimum Gasteiger partial charge on any atom is -0.387 e. The minimum absolute atomic E-state index is 0.0435. The highest BCUT2D eigenvalue weighted by molar-refractivity contribution is 5.97. The van der Waals surface area contributed by atoms with Gasteiger partial charge in [0.05, 0.1) is 25.2 Å². The lowest BCUT2D eigenvalue weighted by molar-refractivity contribution is -0.159. The van der Waals surface area contributed by atoms with E-state index >= 15 is 0 Å². The third-order valence-electron chi connectivity index (χ3n) is 7.04. The highest BCUT2D eigenvalue weighted by Crippen LogP contribution is 2.42. The Bertz CT molecular complexity index is 1370. The third-order valence-corrected chi connectivity index (χ3v) is 7.04. The number of hydrogen-bond acceptors (Lipinski definition) is 3. The molecule has 34 heavy (non-hydrogen) atoms. The molecule has 2 aliphatic heterocycles. The van der Waals surface area contributed by atoms with Crippen LogP contribution in [0.15, 0.2) is 84.9 Å². The van der Waals surface area contributed by atoms with Crippen molar-refractivity contribution in [3.63, 3.8) is 0 Å². The van der Waals surface area contributed by atoms with E-state index in [1.54, 1.807) is 4.90 Å². The maximum atomic E-state index is 13.7. The van der Waals surface area contributed by atoms with Crippen LogP contribution < -0.4 is 0 Å². The molecule has 6 heteroatoms. The number of carbonyl (C=O) groups excluding carboxylic acids is 2. The van der Waals surface area contributed by atoms with E-state index in [1.807, 2.05) is 78.9 Å². The number of β-amino-alcohol motifs (C(OH)–C–C–N with tert-alkyl or cyclic N) is 1. The van der Waals surface area contributed by atoms with E-state index in [0.29, 0.717) is 6.42 Å². The van der Waals surface area contributed by atoms with Gasteiger partial charge in [-0.1, -0.05) is 78.9 Å². The standard InChI is InChI=1S/C28H25N3O3/c32-24(18-9-3-1-4-10-18)16-30-17-25(33)31-23(28(30)34)15-21-20-13-7-8-14-22(20)29-26(21)27(31)19-11-5-2-6-12-19/h1-14,23-24,27,29,32H,15-17H2/t23-,24?,27?/m0/s1. The summed E-state index contributed by atoms with van der Waals surface area (Å²) in [5.41, 5.74) is 4.76. The molecule has 1 fully saturated rings. The smallest absolute Gasteiger partial charge is 0.246 e. The number of aliphatic hydroxyl groups is 1. The molecule has 2 N–H and O–H groups in total. The van der Waals surface area contributed by atoms with Crippen LogP contribution in [0.1, 0.15) is 34.5 Å². The van der Waals surface area contributed by atoms with E-state index in [9.17, 15) is 14.7 Å². The number of carbonyl (C=O) groups is 2. The van der Waals surface area contributed by atoms with Gasteiger partial charge in [0.1, 0.15) is 6.04 Å². The summed E-state index contributed by atoms with van der Waals surface area (Å²) in [5, 5.41) is 11.8. The molecule has 2 aliphatic rings. The first kappa shape index (κ1) is 20.7. The number of aromatic nitrogens is 1. The highest BCUT2D eigenvalue weighted by Gasteiger charge is 2.48. The maximum Gasteiger partial charge on any atom is 0.246 e. The summed E-state index contributed by atoms with van der Waals surface area (Å²) in [6.45, 7) is 0.0494. The van der Waals surface area contributed by atoms with Crippen LogP contribution in [0.5, 0.6) is 0 Å². The zero-order valence-corrected chi connectivity index (χ0v) is 18.6. The van der Waals surface area contributed by atoms with E-state index in [1.165, 1.54) is 4.90 Å². The second-order valence-electron chi connectivity index (χ2n) is 9.04. The highest BCUT2D eigenvalue weighted by atomic mass is 16.3. The van der Waals surface area contributed by atoms with Crippen LogP contribution in [0, 0.1) is 0 Å². The molecule has 170 valence electrons. The van der Waals surface area contributed by atoms with E-state index in [0.717, 1.165) is 33.3 Å². The Morgan fingerprint density at radius 2 is 1.59 bits per heavy atom. The summed E-state index contributed by atoms with van der Waals surface area (Å²) in [6, 6.07) is 26.2. The van der Waals surface area contributed by atoms with Crippen molar-refractivity contribution >= 4 is 22.7 Å². The van der Waals surface area contributed by atoms with Crippen molar-refractivity contribution in [3.05, 3.63) is 107 Å². The maximum absolute atomic E-state index is 13.7. The Morgan fingerprint density at radius 1 is 0.912 bits per heavy atom. The fourth-order valence-corrected chi connectivity index (χ4v) is 5.45. The van der Waals surface area contributed by atoms with Gasteiger partial charge in [0.15, 0.2) is 0 Å². The second kappa shape index (κ2) is 8.15. The van der Waals surface area contributed by atoms with Crippen LogP contribution in [0.2, 0.25) is 0 Å². The van der Waals surface area contributed by atoms with Crippen LogP contribution in [0.3, 0.4) is 0 Å². The molecule has 6 rings (SSSR count). The van der Waals surface area contributed by atoms with Gasteiger partial charge < -0.3 is 19.9 Å². The fourth-order valence-electron chi connectivity index (χ4n) is 5.45. The number of nitrogens with zero attached hydrogens (tertiary/aromatic N) is 2. The third kappa shape index (κ3) is 3.30. The number of piperazine rings is 1. The van der Waals surface area contributed by atoms with E-state index in [2.05, 4.69) is 11.1 Å². The molecular formula is C28H25N3O3. The molecule has 0 saturated carbocycles. The molecule has 2 unspecified atom stereocenters. The topological polar surface area (TPSA) is 76.6 Å². The number of aliphatic hydroxyl groups excluding tert-OH is 1. The lowest BCUT2D eigenvalue weighted by Crippen LogP contribution is -2.63. The van der Waals surface area contributed by atoms with Gasteiger partial charge in [-0.15, -0.1) is 0 Å². The van der Waals surface area contributed by atoms with Crippen LogP contribution >= 0.6 is 0 Å². The fraction of sp³-hybridized carbons (Fsp3) is 0.214. The number of nitrogens with one attached hydrogen (secondary N) is 1. The summed E-state index contributed by atoms with van der Waals surface area (Å²) in [7, 11) is 0. The lowest BCUT2D eigenvalue weighted by Gasteiger charge is -2.47. The molecule has 0 bridgehead atoms. The SMILES string of the molecule is O=C1[C@@H]2Cc3c([nH]c4ccccc34)C(c3ccccc3)N2C(=O)CN1CC(O)c1ccccc1. The van der Waals surface area contributed by atoms with Crippen LogP contribution in [0.25, 0.3) is 10.9 Å². The number of fused-ring (bicyclic) bond motifs is 4. The molecule has 3 aromatic carbocycles. The summed E-state index contributed by atoms with van der Waals surface area (Å²) in [6.07, 6.45) is -0.396. The quantitative estimate of drug-likeness (QED) is 0.498. The number of para-hydroxylation sites is 1. The number of benzene rings is 3. The molecule has 0 spiro atoms. The molecule has 0 aliphatic carbocycles. The van der Waals surface area contributed by atoms with Crippen molar-refractivity contribution in [2.45, 2.75) is 24.6 Å². The van der Waals surface area contributed by atoms with Gasteiger partial charge in [-0.2, -0.15) is 0 Å². The van der Waals surface area contributed by atoms with E-state index in [-0.39, 0.29) is 30.9 Å². The Balaban J connectivity index is 1.41. The molecule has 6 nitrogen and oxygen atoms in total. The first-order chi connectivity index (χ1) is 16.6. The number of H-pyrrole nitrogens is 1. The summed E-state index contributed by atoms with van der Waals surface area (Å²) in [5.74, 6) is -0.227. The van der Waals surface area contributed by atoms with Gasteiger partial charge in [0.2, 0.25) is 11.8 Å². The minimum atomic E-state index is -0.846. The number of rotatable bonds is 4.